The Hall–Kier alpha value is -1.40. The molecule has 3 N–H and O–H groups in total. The molecule has 0 atom stereocenters. The van der Waals surface area contributed by atoms with Gasteiger partial charge in [-0.3, -0.25) is 0 Å². The number of hydrogen-bond donors (Lipinski definition) is 2. The average molecular weight is 281 g/mol. The van der Waals surface area contributed by atoms with Crippen LogP contribution in [-0.2, 0) is 11.3 Å². The van der Waals surface area contributed by atoms with E-state index in [0.29, 0.717) is 30.9 Å². The summed E-state index contributed by atoms with van der Waals surface area (Å²) in [7, 11) is 2.13. The Labute approximate surface area is 121 Å². The number of nitrogens with one attached hydrogen (secondary N) is 1. The molecule has 0 aliphatic carbocycles. The van der Waals surface area contributed by atoms with Crippen molar-refractivity contribution in [3.8, 4) is 0 Å². The van der Waals surface area contributed by atoms with Crippen LogP contribution in [0.3, 0.4) is 0 Å². The largest absolute Gasteiger partial charge is 0.384 e. The summed E-state index contributed by atoms with van der Waals surface area (Å²) in [6.07, 6.45) is 1.05. The summed E-state index contributed by atoms with van der Waals surface area (Å²) in [5.74, 6) is 1.85. The van der Waals surface area contributed by atoms with Gasteiger partial charge in [-0.05, 0) is 40.8 Å². The zero-order valence-electron chi connectivity index (χ0n) is 13.0. The Morgan fingerprint density at radius 1 is 1.40 bits per heavy atom. The highest BCUT2D eigenvalue weighted by Crippen LogP contribution is 2.09. The third-order valence-corrected chi connectivity index (χ3v) is 3.10. The normalized spacial score (nSPS) is 11.3. The van der Waals surface area contributed by atoms with Gasteiger partial charge < -0.3 is 20.7 Å². The molecule has 0 aromatic carbocycles. The second-order valence-corrected chi connectivity index (χ2v) is 5.09. The molecule has 0 radical (unpaired) electrons. The number of ether oxygens (including phenoxy) is 1. The third-order valence-electron chi connectivity index (χ3n) is 3.10. The summed E-state index contributed by atoms with van der Waals surface area (Å²) in [5.41, 5.74) is 5.77. The molecule has 6 nitrogen and oxygen atoms in total. The van der Waals surface area contributed by atoms with Gasteiger partial charge >= 0.3 is 0 Å². The molecule has 0 aliphatic heterocycles. The molecule has 0 amide bonds. The summed E-state index contributed by atoms with van der Waals surface area (Å²) < 4.78 is 5.30. The minimum Gasteiger partial charge on any atom is -0.384 e. The molecule has 0 saturated heterocycles. The van der Waals surface area contributed by atoms with Crippen LogP contribution in [-0.4, -0.2) is 47.7 Å². The molecule has 0 unspecified atom stereocenters. The van der Waals surface area contributed by atoms with Crippen LogP contribution in [0, 0.1) is 0 Å². The monoisotopic (exact) mass is 281 g/mol. The molecule has 0 spiro atoms. The summed E-state index contributed by atoms with van der Waals surface area (Å²) >= 11 is 0. The molecular weight excluding hydrogens is 254 g/mol. The van der Waals surface area contributed by atoms with E-state index in [1.165, 1.54) is 0 Å². The van der Waals surface area contributed by atoms with Gasteiger partial charge in [-0.2, -0.15) is 0 Å². The van der Waals surface area contributed by atoms with Gasteiger partial charge in [0.2, 0.25) is 0 Å². The van der Waals surface area contributed by atoms with Gasteiger partial charge in [0.1, 0.15) is 18.2 Å². The number of hydrogen-bond acceptors (Lipinski definition) is 6. The number of aromatic nitrogens is 2. The van der Waals surface area contributed by atoms with Crippen molar-refractivity contribution in [3.05, 3.63) is 11.9 Å². The first-order valence-corrected chi connectivity index (χ1v) is 7.18. The van der Waals surface area contributed by atoms with Crippen molar-refractivity contribution in [3.63, 3.8) is 0 Å². The summed E-state index contributed by atoms with van der Waals surface area (Å²) in [4.78, 5) is 10.8. The van der Waals surface area contributed by atoms with E-state index in [0.717, 1.165) is 25.3 Å². The average Bonchev–Trinajstić information content (AvgIpc) is 2.40. The molecule has 0 saturated carbocycles. The maximum Gasteiger partial charge on any atom is 0.158 e. The quantitative estimate of drug-likeness (QED) is 0.671. The Morgan fingerprint density at radius 3 is 2.80 bits per heavy atom. The summed E-state index contributed by atoms with van der Waals surface area (Å²) in [6, 6.07) is 2.32. The lowest BCUT2D eigenvalue weighted by molar-refractivity contribution is 0.128. The van der Waals surface area contributed by atoms with Gasteiger partial charge in [0.25, 0.3) is 0 Å². The molecule has 20 heavy (non-hydrogen) atoms. The zero-order chi connectivity index (χ0) is 15.0. The molecule has 0 aliphatic rings. The van der Waals surface area contributed by atoms with Crippen LogP contribution in [0.15, 0.2) is 6.07 Å². The van der Waals surface area contributed by atoms with Crippen LogP contribution in [0.1, 0.15) is 33.0 Å². The van der Waals surface area contributed by atoms with Gasteiger partial charge in [-0.1, -0.05) is 0 Å². The molecule has 114 valence electrons. The molecule has 0 bridgehead atoms. The minimum atomic E-state index is 0.395. The summed E-state index contributed by atoms with van der Waals surface area (Å²) in [6.45, 7) is 9.28. The van der Waals surface area contributed by atoms with Crippen molar-refractivity contribution in [1.29, 1.82) is 0 Å². The molecule has 1 heterocycles. The summed E-state index contributed by atoms with van der Waals surface area (Å²) in [5, 5.41) is 3.28. The van der Waals surface area contributed by atoms with Crippen LogP contribution < -0.4 is 11.1 Å². The second kappa shape index (κ2) is 8.71. The van der Waals surface area contributed by atoms with E-state index < -0.39 is 0 Å². The van der Waals surface area contributed by atoms with Gasteiger partial charge in [-0.25, -0.2) is 9.97 Å². The standard InChI is InChI=1S/C14H27N5O/c1-5-20-10-14-17-12(15)9-13(18-14)16-7-6-8-19(4)11(2)3/h9,11H,5-8,10H2,1-4H3,(H3,15,16,17,18). The Balaban J connectivity index is 2.41. The van der Waals surface area contributed by atoms with Gasteiger partial charge in [-0.15, -0.1) is 0 Å². The Morgan fingerprint density at radius 2 is 2.15 bits per heavy atom. The van der Waals surface area contributed by atoms with Crippen molar-refractivity contribution in [2.75, 3.05) is 37.8 Å². The lowest BCUT2D eigenvalue weighted by Crippen LogP contribution is -2.28. The predicted molar refractivity (Wildman–Crippen MR) is 82.6 cm³/mol. The van der Waals surface area contributed by atoms with E-state index >= 15 is 0 Å². The van der Waals surface area contributed by atoms with Gasteiger partial charge in [0.05, 0.1) is 0 Å². The molecule has 1 rings (SSSR count). The lowest BCUT2D eigenvalue weighted by atomic mass is 10.3. The number of nitrogens with zero attached hydrogens (tertiary/aromatic N) is 3. The van der Waals surface area contributed by atoms with Crippen molar-refractivity contribution in [1.82, 2.24) is 14.9 Å². The zero-order valence-corrected chi connectivity index (χ0v) is 13.0. The molecular formula is C14H27N5O. The highest BCUT2D eigenvalue weighted by Gasteiger charge is 2.04. The van der Waals surface area contributed by atoms with Crippen molar-refractivity contribution >= 4 is 11.6 Å². The first kappa shape index (κ1) is 16.7. The number of rotatable bonds is 9. The van der Waals surface area contributed by atoms with Crippen LogP contribution in [0.5, 0.6) is 0 Å². The van der Waals surface area contributed by atoms with Crippen molar-refractivity contribution < 1.29 is 4.74 Å². The maximum absolute atomic E-state index is 5.77. The lowest BCUT2D eigenvalue weighted by Gasteiger charge is -2.20. The van der Waals surface area contributed by atoms with Crippen LogP contribution in [0.2, 0.25) is 0 Å². The van der Waals surface area contributed by atoms with Gasteiger partial charge in [0.15, 0.2) is 5.82 Å². The molecule has 1 aromatic rings. The van der Waals surface area contributed by atoms with E-state index in [-0.39, 0.29) is 0 Å². The van der Waals surface area contributed by atoms with E-state index in [1.54, 1.807) is 6.07 Å². The van der Waals surface area contributed by atoms with E-state index in [9.17, 15) is 0 Å². The van der Waals surface area contributed by atoms with Crippen LogP contribution >= 0.6 is 0 Å². The smallest absolute Gasteiger partial charge is 0.158 e. The first-order chi connectivity index (χ1) is 9.52. The van der Waals surface area contributed by atoms with Crippen molar-refractivity contribution in [2.45, 2.75) is 39.8 Å². The number of nitrogens with two attached hydrogens (primary N) is 1. The van der Waals surface area contributed by atoms with Crippen molar-refractivity contribution in [2.24, 2.45) is 0 Å². The fraction of sp³-hybridized carbons (Fsp3) is 0.714. The molecule has 0 fully saturated rings. The molecule has 6 heteroatoms. The van der Waals surface area contributed by atoms with E-state index in [1.807, 2.05) is 6.92 Å². The highest BCUT2D eigenvalue weighted by atomic mass is 16.5. The number of nitrogen functional groups attached to an aromatic ring is 1. The SMILES string of the molecule is CCOCc1nc(N)cc(NCCCN(C)C(C)C)n1. The fourth-order valence-corrected chi connectivity index (χ4v) is 1.67. The van der Waals surface area contributed by atoms with Gasteiger partial charge in [0, 0.05) is 25.3 Å². The third kappa shape index (κ3) is 6.16. The second-order valence-electron chi connectivity index (χ2n) is 5.09. The van der Waals surface area contributed by atoms with E-state index in [4.69, 9.17) is 10.5 Å². The Kier molecular flexibility index (Phi) is 7.25. The maximum atomic E-state index is 5.77. The highest BCUT2D eigenvalue weighted by molar-refractivity contribution is 5.44. The minimum absolute atomic E-state index is 0.395. The predicted octanol–water partition coefficient (Wildman–Crippen LogP) is 1.74. The fourth-order valence-electron chi connectivity index (χ4n) is 1.67. The van der Waals surface area contributed by atoms with E-state index in [2.05, 4.69) is 41.1 Å². The first-order valence-electron chi connectivity index (χ1n) is 7.18. The topological polar surface area (TPSA) is 76.3 Å². The molecule has 1 aromatic heterocycles. The Bertz CT molecular complexity index is 397. The van der Waals surface area contributed by atoms with Crippen LogP contribution in [0.4, 0.5) is 11.6 Å². The number of anilines is 2. The van der Waals surface area contributed by atoms with Crippen LogP contribution in [0.25, 0.3) is 0 Å².